The number of amides is 1. The molecule has 1 aromatic carbocycles. The summed E-state index contributed by atoms with van der Waals surface area (Å²) in [4.78, 5) is 14.2. The van der Waals surface area contributed by atoms with Gasteiger partial charge in [-0.1, -0.05) is 0 Å². The molecule has 1 fully saturated rings. The average Bonchev–Trinajstić information content (AvgIpc) is 2.59. The summed E-state index contributed by atoms with van der Waals surface area (Å²) >= 11 is 0. The molecule has 6 nitrogen and oxygen atoms in total. The highest BCUT2D eigenvalue weighted by Gasteiger charge is 2.32. The molecule has 1 aromatic rings. The van der Waals surface area contributed by atoms with Crippen molar-refractivity contribution in [1.82, 2.24) is 14.5 Å². The first-order valence-corrected chi connectivity index (χ1v) is 10.6. The maximum Gasteiger partial charge on any atom is 0.243 e. The van der Waals surface area contributed by atoms with Crippen LogP contribution in [0.2, 0.25) is 0 Å². The van der Waals surface area contributed by atoms with E-state index < -0.39 is 10.0 Å². The van der Waals surface area contributed by atoms with E-state index in [4.69, 9.17) is 0 Å². The van der Waals surface area contributed by atoms with Gasteiger partial charge < -0.3 is 5.32 Å². The molecule has 0 bridgehead atoms. The number of hydrogen-bond donors (Lipinski definition) is 1. The Bertz CT molecular complexity index is 766. The number of hydrogen-bond acceptors (Lipinski definition) is 4. The highest BCUT2D eigenvalue weighted by Crippen LogP contribution is 2.31. The molecule has 1 saturated heterocycles. The summed E-state index contributed by atoms with van der Waals surface area (Å²) in [6.45, 7) is 14.6. The number of nitrogens with one attached hydrogen (secondary N) is 1. The molecule has 146 valence electrons. The van der Waals surface area contributed by atoms with E-state index in [-0.39, 0.29) is 5.91 Å². The highest BCUT2D eigenvalue weighted by atomic mass is 32.2. The van der Waals surface area contributed by atoms with Crippen LogP contribution in [0.5, 0.6) is 0 Å². The second-order valence-electron chi connectivity index (χ2n) is 7.09. The van der Waals surface area contributed by atoms with Crippen molar-refractivity contribution in [1.29, 1.82) is 0 Å². The van der Waals surface area contributed by atoms with Gasteiger partial charge in [-0.15, -0.1) is 0 Å². The normalized spacial score (nSPS) is 16.7. The van der Waals surface area contributed by atoms with Crippen molar-refractivity contribution >= 4 is 15.9 Å². The molecule has 1 aliphatic rings. The van der Waals surface area contributed by atoms with Crippen molar-refractivity contribution < 1.29 is 13.2 Å². The van der Waals surface area contributed by atoms with E-state index in [9.17, 15) is 13.2 Å². The molecule has 1 amide bonds. The molecule has 2 rings (SSSR count). The Morgan fingerprint density at radius 3 is 1.81 bits per heavy atom. The standard InChI is InChI=1S/C19H31N3O3S/c1-7-20-18(23)12-21-8-10-22(11-9-21)26(24,25)19-16(5)14(3)13(2)15(4)17(19)6/h7-12H2,1-6H3,(H,20,23). The van der Waals surface area contributed by atoms with Crippen molar-refractivity contribution in [3.63, 3.8) is 0 Å². The number of carbonyl (C=O) groups excluding carboxylic acids is 1. The van der Waals surface area contributed by atoms with Crippen molar-refractivity contribution in [2.75, 3.05) is 39.3 Å². The Kier molecular flexibility index (Phi) is 6.47. The first kappa shape index (κ1) is 20.9. The van der Waals surface area contributed by atoms with Gasteiger partial charge in [0.1, 0.15) is 0 Å². The lowest BCUT2D eigenvalue weighted by atomic mass is 9.95. The predicted octanol–water partition coefficient (Wildman–Crippen LogP) is 1.67. The van der Waals surface area contributed by atoms with Gasteiger partial charge >= 0.3 is 0 Å². The summed E-state index contributed by atoms with van der Waals surface area (Å²) in [5, 5.41) is 2.78. The molecule has 0 atom stereocenters. The SMILES string of the molecule is CCNC(=O)CN1CCN(S(=O)(=O)c2c(C)c(C)c(C)c(C)c2C)CC1. The van der Waals surface area contributed by atoms with Crippen LogP contribution in [0.1, 0.15) is 34.7 Å². The smallest absolute Gasteiger partial charge is 0.243 e. The fourth-order valence-corrected chi connectivity index (χ4v) is 5.55. The largest absolute Gasteiger partial charge is 0.355 e. The summed E-state index contributed by atoms with van der Waals surface area (Å²) in [6.07, 6.45) is 0. The Balaban J connectivity index is 2.22. The lowest BCUT2D eigenvalue weighted by Crippen LogP contribution is -2.51. The number of sulfonamides is 1. The van der Waals surface area contributed by atoms with Crippen molar-refractivity contribution in [3.05, 3.63) is 27.8 Å². The van der Waals surface area contributed by atoms with Crippen molar-refractivity contribution in [2.24, 2.45) is 0 Å². The third kappa shape index (κ3) is 3.94. The average molecular weight is 382 g/mol. The quantitative estimate of drug-likeness (QED) is 0.842. The monoisotopic (exact) mass is 381 g/mol. The molecule has 0 aromatic heterocycles. The maximum absolute atomic E-state index is 13.3. The van der Waals surface area contributed by atoms with Crippen LogP contribution in [0.4, 0.5) is 0 Å². The van der Waals surface area contributed by atoms with Crippen LogP contribution in [0.3, 0.4) is 0 Å². The molecule has 0 radical (unpaired) electrons. The molecular formula is C19H31N3O3S. The molecule has 7 heteroatoms. The van der Waals surface area contributed by atoms with Crippen LogP contribution >= 0.6 is 0 Å². The van der Waals surface area contributed by atoms with Crippen molar-refractivity contribution in [3.8, 4) is 0 Å². The van der Waals surface area contributed by atoms with Gasteiger partial charge in [0, 0.05) is 32.7 Å². The zero-order chi connectivity index (χ0) is 19.6. The van der Waals surface area contributed by atoms with Crippen LogP contribution in [0.25, 0.3) is 0 Å². The van der Waals surface area contributed by atoms with Crippen LogP contribution < -0.4 is 5.32 Å². The molecule has 1 aliphatic heterocycles. The molecule has 0 saturated carbocycles. The molecule has 0 unspecified atom stereocenters. The second kappa shape index (κ2) is 8.06. The van der Waals surface area contributed by atoms with Crippen LogP contribution in [-0.4, -0.2) is 62.8 Å². The van der Waals surface area contributed by atoms with Crippen molar-refractivity contribution in [2.45, 2.75) is 46.4 Å². The summed E-state index contributed by atoms with van der Waals surface area (Å²) < 4.78 is 28.2. The number of piperazine rings is 1. The predicted molar refractivity (Wildman–Crippen MR) is 104 cm³/mol. The van der Waals surface area contributed by atoms with Gasteiger partial charge in [-0.2, -0.15) is 4.31 Å². The number of likely N-dealkylation sites (N-methyl/N-ethyl adjacent to an activating group) is 1. The zero-order valence-corrected chi connectivity index (χ0v) is 17.6. The second-order valence-corrected chi connectivity index (χ2v) is 8.96. The lowest BCUT2D eigenvalue weighted by molar-refractivity contribution is -0.122. The topological polar surface area (TPSA) is 69.7 Å². The minimum absolute atomic E-state index is 0.0136. The third-order valence-electron chi connectivity index (χ3n) is 5.60. The Labute approximate surface area is 157 Å². The first-order valence-electron chi connectivity index (χ1n) is 9.17. The van der Waals surface area contributed by atoms with E-state index >= 15 is 0 Å². The van der Waals surface area contributed by atoms with Gasteiger partial charge in [0.25, 0.3) is 0 Å². The maximum atomic E-state index is 13.3. The Morgan fingerprint density at radius 2 is 1.35 bits per heavy atom. The molecule has 1 heterocycles. The summed E-state index contributed by atoms with van der Waals surface area (Å²) in [5.74, 6) is -0.0136. The molecular weight excluding hydrogens is 350 g/mol. The minimum Gasteiger partial charge on any atom is -0.355 e. The number of benzene rings is 1. The molecule has 26 heavy (non-hydrogen) atoms. The number of nitrogens with zero attached hydrogens (tertiary/aromatic N) is 2. The summed E-state index contributed by atoms with van der Waals surface area (Å²) in [6, 6.07) is 0. The summed E-state index contributed by atoms with van der Waals surface area (Å²) in [5.41, 5.74) is 4.93. The summed E-state index contributed by atoms with van der Waals surface area (Å²) in [7, 11) is -3.54. The van der Waals surface area contributed by atoms with Gasteiger partial charge in [0.15, 0.2) is 0 Å². The van der Waals surface area contributed by atoms with E-state index in [1.807, 2.05) is 46.4 Å². The lowest BCUT2D eigenvalue weighted by Gasteiger charge is -2.34. The minimum atomic E-state index is -3.54. The fourth-order valence-electron chi connectivity index (χ4n) is 3.57. The van der Waals surface area contributed by atoms with E-state index in [1.54, 1.807) is 4.31 Å². The van der Waals surface area contributed by atoms with Crippen LogP contribution in [-0.2, 0) is 14.8 Å². The van der Waals surface area contributed by atoms with E-state index in [1.165, 1.54) is 0 Å². The van der Waals surface area contributed by atoms with E-state index in [0.717, 1.165) is 27.8 Å². The van der Waals surface area contributed by atoms with Gasteiger partial charge in [-0.25, -0.2) is 8.42 Å². The van der Waals surface area contributed by atoms with Gasteiger partial charge in [-0.05, 0) is 69.4 Å². The number of carbonyl (C=O) groups is 1. The molecule has 1 N–H and O–H groups in total. The fraction of sp³-hybridized carbons (Fsp3) is 0.632. The first-order chi connectivity index (χ1) is 12.1. The van der Waals surface area contributed by atoms with Gasteiger partial charge in [0.05, 0.1) is 11.4 Å². The van der Waals surface area contributed by atoms with Gasteiger partial charge in [0.2, 0.25) is 15.9 Å². The molecule has 0 spiro atoms. The zero-order valence-electron chi connectivity index (χ0n) is 16.8. The van der Waals surface area contributed by atoms with E-state index in [0.29, 0.717) is 44.2 Å². The Hall–Kier alpha value is -1.44. The molecule has 0 aliphatic carbocycles. The highest BCUT2D eigenvalue weighted by molar-refractivity contribution is 7.89. The number of rotatable bonds is 5. The van der Waals surface area contributed by atoms with Crippen LogP contribution in [0.15, 0.2) is 4.90 Å². The van der Waals surface area contributed by atoms with Gasteiger partial charge in [-0.3, -0.25) is 9.69 Å². The van der Waals surface area contributed by atoms with E-state index in [2.05, 4.69) is 5.32 Å². The third-order valence-corrected chi connectivity index (χ3v) is 7.77. The van der Waals surface area contributed by atoms with Crippen LogP contribution in [0, 0.1) is 34.6 Å². The Morgan fingerprint density at radius 1 is 0.885 bits per heavy atom.